The summed E-state index contributed by atoms with van der Waals surface area (Å²) < 4.78 is 11.4. The van der Waals surface area contributed by atoms with E-state index < -0.39 is 0 Å². The average Bonchev–Trinajstić information content (AvgIpc) is 2.54. The molecule has 0 fully saturated rings. The van der Waals surface area contributed by atoms with Crippen LogP contribution in [0.15, 0.2) is 18.2 Å². The SMILES string of the molecule is CCCCCCCCOc1ccc(CCCN(C)C)cc1OC. The first-order valence-electron chi connectivity index (χ1n) is 9.11. The van der Waals surface area contributed by atoms with Crippen LogP contribution >= 0.6 is 0 Å². The number of hydrogen-bond donors (Lipinski definition) is 0. The van der Waals surface area contributed by atoms with Crippen LogP contribution in [0.1, 0.15) is 57.4 Å². The highest BCUT2D eigenvalue weighted by Crippen LogP contribution is 2.28. The van der Waals surface area contributed by atoms with E-state index in [-0.39, 0.29) is 0 Å². The van der Waals surface area contributed by atoms with Crippen LogP contribution in [0.3, 0.4) is 0 Å². The molecule has 0 saturated carbocycles. The van der Waals surface area contributed by atoms with E-state index in [1.165, 1.54) is 37.7 Å². The summed E-state index contributed by atoms with van der Waals surface area (Å²) in [6.07, 6.45) is 9.93. The number of unbranched alkanes of at least 4 members (excludes halogenated alkanes) is 5. The molecule has 3 heteroatoms. The Kier molecular flexibility index (Phi) is 10.5. The predicted molar refractivity (Wildman–Crippen MR) is 98.7 cm³/mol. The van der Waals surface area contributed by atoms with E-state index in [1.807, 2.05) is 0 Å². The van der Waals surface area contributed by atoms with Crippen LogP contribution in [0.25, 0.3) is 0 Å². The van der Waals surface area contributed by atoms with Crippen LogP contribution in [-0.4, -0.2) is 39.3 Å². The number of rotatable bonds is 13. The number of benzene rings is 1. The summed E-state index contributed by atoms with van der Waals surface area (Å²) in [6.45, 7) is 4.14. The second-order valence-electron chi connectivity index (χ2n) is 6.51. The highest BCUT2D eigenvalue weighted by atomic mass is 16.5. The summed E-state index contributed by atoms with van der Waals surface area (Å²) in [5.41, 5.74) is 1.32. The van der Waals surface area contributed by atoms with E-state index in [2.05, 4.69) is 44.1 Å². The third-order valence-corrected chi connectivity index (χ3v) is 4.05. The Bertz CT molecular complexity index is 418. The van der Waals surface area contributed by atoms with Crippen LogP contribution in [0.5, 0.6) is 11.5 Å². The van der Waals surface area contributed by atoms with Gasteiger partial charge in [-0.15, -0.1) is 0 Å². The van der Waals surface area contributed by atoms with Gasteiger partial charge in [-0.25, -0.2) is 0 Å². The van der Waals surface area contributed by atoms with Crippen molar-refractivity contribution in [2.24, 2.45) is 0 Å². The number of ether oxygens (including phenoxy) is 2. The van der Waals surface area contributed by atoms with Gasteiger partial charge >= 0.3 is 0 Å². The van der Waals surface area contributed by atoms with Gasteiger partial charge in [-0.2, -0.15) is 0 Å². The Morgan fingerprint density at radius 2 is 1.65 bits per heavy atom. The molecule has 1 aromatic rings. The van der Waals surface area contributed by atoms with E-state index in [9.17, 15) is 0 Å². The van der Waals surface area contributed by atoms with Crippen LogP contribution in [0.2, 0.25) is 0 Å². The van der Waals surface area contributed by atoms with Crippen molar-refractivity contribution in [2.45, 2.75) is 58.3 Å². The largest absolute Gasteiger partial charge is 0.493 e. The first-order valence-corrected chi connectivity index (χ1v) is 9.11. The Balaban J connectivity index is 2.34. The Labute approximate surface area is 143 Å². The van der Waals surface area contributed by atoms with Gasteiger partial charge in [-0.3, -0.25) is 0 Å². The van der Waals surface area contributed by atoms with Gasteiger partial charge in [-0.05, 0) is 57.6 Å². The van der Waals surface area contributed by atoms with Crippen molar-refractivity contribution in [3.8, 4) is 11.5 Å². The van der Waals surface area contributed by atoms with Crippen molar-refractivity contribution < 1.29 is 9.47 Å². The zero-order valence-electron chi connectivity index (χ0n) is 15.6. The van der Waals surface area contributed by atoms with E-state index in [4.69, 9.17) is 9.47 Å². The van der Waals surface area contributed by atoms with E-state index in [0.717, 1.165) is 43.9 Å². The zero-order valence-corrected chi connectivity index (χ0v) is 15.6. The van der Waals surface area contributed by atoms with E-state index in [1.54, 1.807) is 7.11 Å². The summed E-state index contributed by atoms with van der Waals surface area (Å²) >= 11 is 0. The van der Waals surface area contributed by atoms with Gasteiger partial charge in [0.05, 0.1) is 13.7 Å². The van der Waals surface area contributed by atoms with Crippen LogP contribution < -0.4 is 9.47 Å². The first-order chi connectivity index (χ1) is 11.2. The Morgan fingerprint density at radius 3 is 2.35 bits per heavy atom. The van der Waals surface area contributed by atoms with Gasteiger partial charge in [0, 0.05) is 0 Å². The van der Waals surface area contributed by atoms with Gasteiger partial charge < -0.3 is 14.4 Å². The minimum atomic E-state index is 0.780. The lowest BCUT2D eigenvalue weighted by Crippen LogP contribution is -2.13. The molecule has 0 N–H and O–H groups in total. The molecule has 132 valence electrons. The molecule has 3 nitrogen and oxygen atoms in total. The summed E-state index contributed by atoms with van der Waals surface area (Å²) in [5.74, 6) is 1.73. The van der Waals surface area contributed by atoms with Crippen molar-refractivity contribution in [2.75, 3.05) is 34.4 Å². The molecule has 0 spiro atoms. The molecule has 0 aromatic heterocycles. The maximum absolute atomic E-state index is 5.90. The quantitative estimate of drug-likeness (QED) is 0.481. The summed E-state index contributed by atoms with van der Waals surface area (Å²) in [5, 5.41) is 0. The number of nitrogens with zero attached hydrogens (tertiary/aromatic N) is 1. The minimum Gasteiger partial charge on any atom is -0.493 e. The third kappa shape index (κ3) is 8.85. The molecule has 1 rings (SSSR count). The Hall–Kier alpha value is -1.22. The number of aryl methyl sites for hydroxylation is 1. The molecule has 0 bridgehead atoms. The van der Waals surface area contributed by atoms with Gasteiger partial charge in [0.15, 0.2) is 11.5 Å². The molecule has 0 aliphatic rings. The zero-order chi connectivity index (χ0) is 16.9. The highest BCUT2D eigenvalue weighted by molar-refractivity contribution is 5.43. The molecule has 0 saturated heterocycles. The van der Waals surface area contributed by atoms with Crippen molar-refractivity contribution in [3.05, 3.63) is 23.8 Å². The summed E-state index contributed by atoms with van der Waals surface area (Å²) in [6, 6.07) is 6.34. The van der Waals surface area contributed by atoms with Gasteiger partial charge in [0.2, 0.25) is 0 Å². The fourth-order valence-electron chi connectivity index (χ4n) is 2.65. The molecule has 23 heavy (non-hydrogen) atoms. The van der Waals surface area contributed by atoms with Crippen molar-refractivity contribution in [1.82, 2.24) is 4.90 Å². The molecule has 0 heterocycles. The molecular weight excluding hydrogens is 286 g/mol. The highest BCUT2D eigenvalue weighted by Gasteiger charge is 2.06. The molecule has 0 unspecified atom stereocenters. The monoisotopic (exact) mass is 321 g/mol. The van der Waals surface area contributed by atoms with Gasteiger partial charge in [-0.1, -0.05) is 45.1 Å². The van der Waals surface area contributed by atoms with Crippen molar-refractivity contribution >= 4 is 0 Å². The van der Waals surface area contributed by atoms with Crippen LogP contribution in [-0.2, 0) is 6.42 Å². The summed E-state index contributed by atoms with van der Waals surface area (Å²) in [4.78, 5) is 2.22. The van der Waals surface area contributed by atoms with Gasteiger partial charge in [0.1, 0.15) is 0 Å². The fourth-order valence-corrected chi connectivity index (χ4v) is 2.65. The molecule has 0 radical (unpaired) electrons. The van der Waals surface area contributed by atoms with Gasteiger partial charge in [0.25, 0.3) is 0 Å². The predicted octanol–water partition coefficient (Wildman–Crippen LogP) is 4.93. The normalized spacial score (nSPS) is 11.0. The van der Waals surface area contributed by atoms with Crippen LogP contribution in [0, 0.1) is 0 Å². The maximum Gasteiger partial charge on any atom is 0.161 e. The summed E-state index contributed by atoms with van der Waals surface area (Å²) in [7, 11) is 5.94. The van der Waals surface area contributed by atoms with E-state index in [0.29, 0.717) is 0 Å². The third-order valence-electron chi connectivity index (χ3n) is 4.05. The van der Waals surface area contributed by atoms with E-state index >= 15 is 0 Å². The average molecular weight is 322 g/mol. The Morgan fingerprint density at radius 1 is 0.913 bits per heavy atom. The molecule has 1 aromatic carbocycles. The minimum absolute atomic E-state index is 0.780. The van der Waals surface area contributed by atoms with Crippen molar-refractivity contribution in [1.29, 1.82) is 0 Å². The standard InChI is InChI=1S/C20H35NO2/c1-5-6-7-8-9-10-16-23-19-14-13-18(17-20(19)22-4)12-11-15-21(2)3/h13-14,17H,5-12,15-16H2,1-4H3. The van der Waals surface area contributed by atoms with Crippen LogP contribution in [0.4, 0.5) is 0 Å². The molecular formula is C20H35NO2. The lowest BCUT2D eigenvalue weighted by molar-refractivity contribution is 0.284. The smallest absolute Gasteiger partial charge is 0.161 e. The first kappa shape index (κ1) is 19.8. The molecule has 0 aliphatic carbocycles. The topological polar surface area (TPSA) is 21.7 Å². The second-order valence-corrected chi connectivity index (χ2v) is 6.51. The number of hydrogen-bond acceptors (Lipinski definition) is 3. The second kappa shape index (κ2) is 12.2. The number of methoxy groups -OCH3 is 1. The lowest BCUT2D eigenvalue weighted by atomic mass is 10.1. The van der Waals surface area contributed by atoms with Crippen molar-refractivity contribution in [3.63, 3.8) is 0 Å². The molecule has 0 amide bonds. The lowest BCUT2D eigenvalue weighted by Gasteiger charge is -2.13. The molecule has 0 atom stereocenters. The fraction of sp³-hybridized carbons (Fsp3) is 0.700. The molecule has 0 aliphatic heterocycles. The maximum atomic E-state index is 5.90.